The van der Waals surface area contributed by atoms with Crippen molar-refractivity contribution in [3.8, 4) is 5.75 Å². The molecule has 39 heavy (non-hydrogen) atoms. The molecule has 3 aromatic rings. The number of rotatable bonds is 8. The molecule has 5 rings (SSSR count). The predicted molar refractivity (Wildman–Crippen MR) is 155 cm³/mol. The number of fused-ring (bicyclic) bond motifs is 1. The summed E-state index contributed by atoms with van der Waals surface area (Å²) in [4.78, 5) is 27.7. The second-order valence-electron chi connectivity index (χ2n) is 11.4. The van der Waals surface area contributed by atoms with E-state index in [1.165, 1.54) is 0 Å². The molecular formula is C29H37N7O3. The first-order valence-electron chi connectivity index (χ1n) is 13.3. The SMILES string of the molecule is COc1cc(N2CCCC2CN(C)C)c([N+](=O)[O-])cc1Nc1cc(N2CC(C)(C)c3nc(C)ccc32)ccn1. The topological polar surface area (TPSA) is 99.9 Å². The lowest BCUT2D eigenvalue weighted by atomic mass is 9.91. The number of ether oxygens (including phenoxy) is 1. The highest BCUT2D eigenvalue weighted by Gasteiger charge is 2.37. The van der Waals surface area contributed by atoms with Crippen LogP contribution in [0.25, 0.3) is 0 Å². The van der Waals surface area contributed by atoms with Gasteiger partial charge in [-0.25, -0.2) is 4.98 Å². The molecule has 2 aliphatic rings. The number of hydrogen-bond donors (Lipinski definition) is 1. The number of nitro groups is 1. The van der Waals surface area contributed by atoms with E-state index in [1.54, 1.807) is 25.4 Å². The summed E-state index contributed by atoms with van der Waals surface area (Å²) in [5.74, 6) is 1.11. The Kier molecular flexibility index (Phi) is 7.07. The number of hydrogen-bond acceptors (Lipinski definition) is 9. The van der Waals surface area contributed by atoms with Gasteiger partial charge in [0.2, 0.25) is 0 Å². The standard InChI is InChI=1S/C29H37N7O3/c1-19-9-10-23-28(31-19)29(2,3)18-35(23)20-11-12-30-27(14-20)32-22-15-25(36(37)38)24(16-26(22)39-6)34-13-7-8-21(34)17-33(4)5/h9-12,14-16,21H,7-8,13,17-18H2,1-6H3,(H,30,32). The summed E-state index contributed by atoms with van der Waals surface area (Å²) in [5.41, 5.74) is 5.18. The molecule has 206 valence electrons. The number of methoxy groups -OCH3 is 1. The number of aromatic nitrogens is 2. The van der Waals surface area contributed by atoms with Gasteiger partial charge in [-0.1, -0.05) is 13.8 Å². The zero-order chi connectivity index (χ0) is 27.9. The quantitative estimate of drug-likeness (QED) is 0.302. The third-order valence-corrected chi connectivity index (χ3v) is 7.57. The van der Waals surface area contributed by atoms with Crippen LogP contribution in [0.2, 0.25) is 0 Å². The van der Waals surface area contributed by atoms with Gasteiger partial charge in [0.15, 0.2) is 0 Å². The molecule has 2 aliphatic heterocycles. The fourth-order valence-corrected chi connectivity index (χ4v) is 5.81. The Bertz CT molecular complexity index is 1390. The number of nitro benzene ring substituents is 1. The van der Waals surface area contributed by atoms with Gasteiger partial charge in [0, 0.05) is 66.9 Å². The number of nitrogens with one attached hydrogen (secondary N) is 1. The van der Waals surface area contributed by atoms with Gasteiger partial charge in [-0.2, -0.15) is 0 Å². The molecule has 0 saturated carbocycles. The second-order valence-corrected chi connectivity index (χ2v) is 11.4. The van der Waals surface area contributed by atoms with Crippen LogP contribution in [0.1, 0.15) is 38.1 Å². The van der Waals surface area contributed by atoms with Gasteiger partial charge < -0.3 is 24.8 Å². The van der Waals surface area contributed by atoms with E-state index < -0.39 is 0 Å². The molecule has 4 heterocycles. The van der Waals surface area contributed by atoms with E-state index in [4.69, 9.17) is 9.72 Å². The van der Waals surface area contributed by atoms with E-state index in [9.17, 15) is 10.1 Å². The highest BCUT2D eigenvalue weighted by molar-refractivity contribution is 5.79. The normalized spacial score (nSPS) is 18.0. The van der Waals surface area contributed by atoms with Gasteiger partial charge in [0.05, 0.1) is 29.1 Å². The molecule has 0 spiro atoms. The van der Waals surface area contributed by atoms with E-state index in [-0.39, 0.29) is 22.1 Å². The lowest BCUT2D eigenvalue weighted by Crippen LogP contribution is -2.37. The van der Waals surface area contributed by atoms with Crippen molar-refractivity contribution < 1.29 is 9.66 Å². The maximum atomic E-state index is 12.2. The molecule has 1 unspecified atom stereocenters. The second kappa shape index (κ2) is 10.3. The van der Waals surface area contributed by atoms with E-state index in [2.05, 4.69) is 44.9 Å². The van der Waals surface area contributed by atoms with E-state index >= 15 is 0 Å². The molecule has 10 heteroatoms. The van der Waals surface area contributed by atoms with E-state index in [1.807, 2.05) is 39.2 Å². The minimum atomic E-state index is -0.312. The van der Waals surface area contributed by atoms with Crippen molar-refractivity contribution in [2.75, 3.05) is 56.0 Å². The summed E-state index contributed by atoms with van der Waals surface area (Å²) in [5, 5.41) is 15.5. The molecule has 2 aromatic heterocycles. The first-order valence-corrected chi connectivity index (χ1v) is 13.3. The molecule has 1 aromatic carbocycles. The van der Waals surface area contributed by atoms with Gasteiger partial charge in [-0.3, -0.25) is 15.1 Å². The van der Waals surface area contributed by atoms with Crippen LogP contribution in [0.5, 0.6) is 5.75 Å². The van der Waals surface area contributed by atoms with Crippen LogP contribution in [0.4, 0.5) is 34.3 Å². The summed E-state index contributed by atoms with van der Waals surface area (Å²) in [6, 6.07) is 11.6. The van der Waals surface area contributed by atoms with Crippen molar-refractivity contribution >= 4 is 34.3 Å². The van der Waals surface area contributed by atoms with Gasteiger partial charge in [-0.15, -0.1) is 0 Å². The minimum absolute atomic E-state index is 0.0526. The fraction of sp³-hybridized carbons (Fsp3) is 0.448. The largest absolute Gasteiger partial charge is 0.494 e. The van der Waals surface area contributed by atoms with E-state index in [0.717, 1.165) is 55.2 Å². The van der Waals surface area contributed by atoms with Gasteiger partial charge in [-0.05, 0) is 52.1 Å². The Morgan fingerprint density at radius 3 is 2.72 bits per heavy atom. The highest BCUT2D eigenvalue weighted by Crippen LogP contribution is 2.45. The van der Waals surface area contributed by atoms with Crippen molar-refractivity contribution in [3.63, 3.8) is 0 Å². The molecule has 0 radical (unpaired) electrons. The van der Waals surface area contributed by atoms with Gasteiger partial charge in [0.1, 0.15) is 17.3 Å². The molecule has 1 atom stereocenters. The lowest BCUT2D eigenvalue weighted by Gasteiger charge is -2.29. The molecule has 1 fully saturated rings. The fourth-order valence-electron chi connectivity index (χ4n) is 5.81. The Hall–Kier alpha value is -3.92. The van der Waals surface area contributed by atoms with Gasteiger partial charge in [0.25, 0.3) is 5.69 Å². The van der Waals surface area contributed by atoms with Crippen LogP contribution < -0.4 is 19.9 Å². The number of nitrogens with zero attached hydrogens (tertiary/aromatic N) is 6. The monoisotopic (exact) mass is 531 g/mol. The first kappa shape index (κ1) is 26.7. The number of likely N-dealkylation sites (N-methyl/N-ethyl adjacent to an activating group) is 1. The summed E-state index contributed by atoms with van der Waals surface area (Å²) in [7, 11) is 5.64. The number of benzene rings is 1. The average molecular weight is 532 g/mol. The third-order valence-electron chi connectivity index (χ3n) is 7.57. The molecule has 0 bridgehead atoms. The van der Waals surface area contributed by atoms with Crippen molar-refractivity contribution in [1.82, 2.24) is 14.9 Å². The van der Waals surface area contributed by atoms with Crippen LogP contribution in [0, 0.1) is 17.0 Å². The third kappa shape index (κ3) is 5.21. The zero-order valence-electron chi connectivity index (χ0n) is 23.6. The van der Waals surface area contributed by atoms with Crippen molar-refractivity contribution in [1.29, 1.82) is 0 Å². The average Bonchev–Trinajstić information content (AvgIpc) is 3.44. The Labute approximate surface area is 229 Å². The number of anilines is 5. The molecule has 10 nitrogen and oxygen atoms in total. The molecule has 1 N–H and O–H groups in total. The number of aryl methyl sites for hydroxylation is 1. The summed E-state index contributed by atoms with van der Waals surface area (Å²) >= 11 is 0. The van der Waals surface area contributed by atoms with Crippen LogP contribution in [-0.2, 0) is 5.41 Å². The van der Waals surface area contributed by atoms with Crippen LogP contribution in [-0.4, -0.2) is 66.7 Å². The minimum Gasteiger partial charge on any atom is -0.494 e. The predicted octanol–water partition coefficient (Wildman–Crippen LogP) is 5.41. The maximum absolute atomic E-state index is 12.2. The zero-order valence-corrected chi connectivity index (χ0v) is 23.6. The summed E-state index contributed by atoms with van der Waals surface area (Å²) in [6.45, 7) is 8.82. The molecular weight excluding hydrogens is 494 g/mol. The molecule has 1 saturated heterocycles. The molecule has 0 aliphatic carbocycles. The van der Waals surface area contributed by atoms with Crippen molar-refractivity contribution in [2.45, 2.75) is 45.1 Å². The van der Waals surface area contributed by atoms with Crippen molar-refractivity contribution in [2.24, 2.45) is 0 Å². The van der Waals surface area contributed by atoms with E-state index in [0.29, 0.717) is 22.9 Å². The maximum Gasteiger partial charge on any atom is 0.294 e. The smallest absolute Gasteiger partial charge is 0.294 e. The van der Waals surface area contributed by atoms with Gasteiger partial charge >= 0.3 is 0 Å². The first-order chi connectivity index (χ1) is 18.6. The number of pyridine rings is 2. The highest BCUT2D eigenvalue weighted by atomic mass is 16.6. The summed E-state index contributed by atoms with van der Waals surface area (Å²) in [6.07, 6.45) is 3.75. The lowest BCUT2D eigenvalue weighted by molar-refractivity contribution is -0.384. The Morgan fingerprint density at radius 2 is 2.00 bits per heavy atom. The Balaban J connectivity index is 1.47. The van der Waals surface area contributed by atoms with Crippen molar-refractivity contribution in [3.05, 3.63) is 64.1 Å². The Morgan fingerprint density at radius 1 is 1.21 bits per heavy atom. The van der Waals surface area contributed by atoms with Crippen LogP contribution in [0.15, 0.2) is 42.6 Å². The van der Waals surface area contributed by atoms with Crippen LogP contribution >= 0.6 is 0 Å². The van der Waals surface area contributed by atoms with Crippen LogP contribution in [0.3, 0.4) is 0 Å². The summed E-state index contributed by atoms with van der Waals surface area (Å²) < 4.78 is 5.72. The molecule has 0 amide bonds.